The van der Waals surface area contributed by atoms with Crippen molar-refractivity contribution in [3.05, 3.63) is 102 Å². The first-order valence-electron chi connectivity index (χ1n) is 12.9. The highest BCUT2D eigenvalue weighted by Crippen LogP contribution is 2.49. The van der Waals surface area contributed by atoms with Crippen molar-refractivity contribution in [3.63, 3.8) is 0 Å². The predicted octanol–water partition coefficient (Wildman–Crippen LogP) is 5.90. The standard InChI is InChI=1S/C31H37N3O2/c1-32(2)31(27-12-8-5-9-13-27)20-18-30(19-21-31)24-33(22-26-14-16-28(36-3)17-15-26)29(35)34(30)23-25-10-6-4-7-11-25/h4-17H,18-24H2,1-3H3. The number of ether oxygens (including phenoxy) is 1. The summed E-state index contributed by atoms with van der Waals surface area (Å²) in [6.07, 6.45) is 4.02. The first-order valence-corrected chi connectivity index (χ1v) is 12.9. The van der Waals surface area contributed by atoms with E-state index in [0.29, 0.717) is 13.1 Å². The summed E-state index contributed by atoms with van der Waals surface area (Å²) in [5, 5.41) is 0. The first kappa shape index (κ1) is 24.4. The summed E-state index contributed by atoms with van der Waals surface area (Å²) < 4.78 is 5.32. The number of benzene rings is 3. The molecule has 0 bridgehead atoms. The molecule has 1 aliphatic carbocycles. The van der Waals surface area contributed by atoms with Crippen LogP contribution in [0.1, 0.15) is 42.4 Å². The van der Waals surface area contributed by atoms with Crippen LogP contribution in [-0.2, 0) is 18.6 Å². The molecule has 0 N–H and O–H groups in total. The van der Waals surface area contributed by atoms with Crippen LogP contribution in [0.25, 0.3) is 0 Å². The third-order valence-electron chi connectivity index (χ3n) is 8.45. The fourth-order valence-corrected chi connectivity index (χ4v) is 6.26. The van der Waals surface area contributed by atoms with Crippen LogP contribution in [-0.4, -0.2) is 54.0 Å². The van der Waals surface area contributed by atoms with Crippen molar-refractivity contribution in [2.75, 3.05) is 27.7 Å². The van der Waals surface area contributed by atoms with Crippen LogP contribution in [0.2, 0.25) is 0 Å². The van der Waals surface area contributed by atoms with E-state index in [4.69, 9.17) is 4.74 Å². The summed E-state index contributed by atoms with van der Waals surface area (Å²) >= 11 is 0. The molecule has 5 rings (SSSR count). The molecular formula is C31H37N3O2. The molecule has 3 aromatic carbocycles. The Morgan fingerprint density at radius 3 is 1.94 bits per heavy atom. The van der Waals surface area contributed by atoms with Crippen molar-refractivity contribution >= 4 is 6.03 Å². The summed E-state index contributed by atoms with van der Waals surface area (Å²) in [7, 11) is 6.07. The van der Waals surface area contributed by atoms with Crippen LogP contribution in [0.5, 0.6) is 5.75 Å². The van der Waals surface area contributed by atoms with Gasteiger partial charge in [-0.2, -0.15) is 0 Å². The molecule has 0 aromatic heterocycles. The molecular weight excluding hydrogens is 446 g/mol. The topological polar surface area (TPSA) is 36.0 Å². The summed E-state index contributed by atoms with van der Waals surface area (Å²) in [5.74, 6) is 0.835. The van der Waals surface area contributed by atoms with Gasteiger partial charge in [0.05, 0.1) is 12.6 Å². The zero-order valence-electron chi connectivity index (χ0n) is 21.7. The Balaban J connectivity index is 1.43. The average Bonchev–Trinajstić information content (AvgIpc) is 3.16. The van der Waals surface area contributed by atoms with Crippen LogP contribution >= 0.6 is 0 Å². The molecule has 0 unspecified atom stereocenters. The van der Waals surface area contributed by atoms with Gasteiger partial charge in [0.1, 0.15) is 5.75 Å². The molecule has 1 saturated carbocycles. The minimum atomic E-state index is -0.159. The summed E-state index contributed by atoms with van der Waals surface area (Å²) in [6, 6.07) is 29.5. The lowest BCUT2D eigenvalue weighted by molar-refractivity contribution is 0.0221. The molecule has 5 nitrogen and oxygen atoms in total. The minimum absolute atomic E-state index is 0.00260. The number of hydrogen-bond donors (Lipinski definition) is 0. The maximum Gasteiger partial charge on any atom is 0.321 e. The largest absolute Gasteiger partial charge is 0.497 e. The van der Waals surface area contributed by atoms with E-state index in [1.807, 2.05) is 18.2 Å². The molecule has 2 aliphatic rings. The fourth-order valence-electron chi connectivity index (χ4n) is 6.26. The number of nitrogens with zero attached hydrogens (tertiary/aromatic N) is 3. The number of methoxy groups -OCH3 is 1. The number of urea groups is 1. The van der Waals surface area contributed by atoms with Gasteiger partial charge in [0, 0.05) is 25.2 Å². The smallest absolute Gasteiger partial charge is 0.321 e. The second kappa shape index (κ2) is 9.98. The van der Waals surface area contributed by atoms with E-state index < -0.39 is 0 Å². The summed E-state index contributed by atoms with van der Waals surface area (Å²) in [6.45, 7) is 2.04. The van der Waals surface area contributed by atoms with Crippen LogP contribution in [0.15, 0.2) is 84.9 Å². The maximum absolute atomic E-state index is 13.9. The van der Waals surface area contributed by atoms with Gasteiger partial charge in [-0.25, -0.2) is 4.79 Å². The van der Waals surface area contributed by atoms with E-state index >= 15 is 0 Å². The van der Waals surface area contributed by atoms with E-state index in [9.17, 15) is 4.79 Å². The second-order valence-electron chi connectivity index (χ2n) is 10.6. The van der Waals surface area contributed by atoms with Gasteiger partial charge in [-0.3, -0.25) is 4.90 Å². The number of carbonyl (C=O) groups is 1. The van der Waals surface area contributed by atoms with Crippen molar-refractivity contribution in [1.82, 2.24) is 14.7 Å². The van der Waals surface area contributed by atoms with Crippen molar-refractivity contribution in [2.24, 2.45) is 0 Å². The predicted molar refractivity (Wildman–Crippen MR) is 144 cm³/mol. The van der Waals surface area contributed by atoms with Crippen LogP contribution < -0.4 is 4.74 Å². The van der Waals surface area contributed by atoms with Crippen LogP contribution in [0.4, 0.5) is 4.79 Å². The SMILES string of the molecule is COc1ccc(CN2CC3(CCC(c4ccccc4)(N(C)C)CC3)N(Cc3ccccc3)C2=O)cc1. The van der Waals surface area contributed by atoms with Crippen molar-refractivity contribution in [2.45, 2.75) is 49.9 Å². The summed E-state index contributed by atoms with van der Waals surface area (Å²) in [5.41, 5.74) is 3.52. The van der Waals surface area contributed by atoms with Gasteiger partial charge in [0.2, 0.25) is 0 Å². The average molecular weight is 484 g/mol. The highest BCUT2D eigenvalue weighted by Gasteiger charge is 2.54. The molecule has 3 aromatic rings. The van der Waals surface area contributed by atoms with Crippen molar-refractivity contribution < 1.29 is 9.53 Å². The minimum Gasteiger partial charge on any atom is -0.497 e. The monoisotopic (exact) mass is 483 g/mol. The Hall–Kier alpha value is -3.31. The number of carbonyl (C=O) groups excluding carboxylic acids is 1. The van der Waals surface area contributed by atoms with Crippen LogP contribution in [0.3, 0.4) is 0 Å². The normalized spacial score (nSPS) is 24.1. The molecule has 1 heterocycles. The lowest BCUT2D eigenvalue weighted by Crippen LogP contribution is -2.55. The molecule has 5 heteroatoms. The molecule has 36 heavy (non-hydrogen) atoms. The Morgan fingerprint density at radius 1 is 0.778 bits per heavy atom. The van der Waals surface area contributed by atoms with Gasteiger partial charge in [-0.05, 0) is 68.6 Å². The van der Waals surface area contributed by atoms with E-state index in [2.05, 4.69) is 95.5 Å². The van der Waals surface area contributed by atoms with Gasteiger partial charge >= 0.3 is 6.03 Å². The number of hydrogen-bond acceptors (Lipinski definition) is 3. The molecule has 0 radical (unpaired) electrons. The molecule has 1 spiro atoms. The fraction of sp³-hybridized carbons (Fsp3) is 0.387. The molecule has 0 atom stereocenters. The molecule has 1 aliphatic heterocycles. The lowest BCUT2D eigenvalue weighted by atomic mass is 9.68. The highest BCUT2D eigenvalue weighted by atomic mass is 16.5. The number of amides is 2. The Morgan fingerprint density at radius 2 is 1.36 bits per heavy atom. The molecule has 188 valence electrons. The second-order valence-corrected chi connectivity index (χ2v) is 10.6. The maximum atomic E-state index is 13.9. The third kappa shape index (κ3) is 4.48. The van der Waals surface area contributed by atoms with Gasteiger partial charge < -0.3 is 14.5 Å². The highest BCUT2D eigenvalue weighted by molar-refractivity contribution is 5.78. The van der Waals surface area contributed by atoms with Gasteiger partial charge in [-0.1, -0.05) is 72.8 Å². The molecule has 1 saturated heterocycles. The van der Waals surface area contributed by atoms with E-state index in [0.717, 1.165) is 43.5 Å². The quantitative estimate of drug-likeness (QED) is 0.420. The van der Waals surface area contributed by atoms with E-state index in [-0.39, 0.29) is 17.1 Å². The lowest BCUT2D eigenvalue weighted by Gasteiger charge is -2.51. The number of rotatable bonds is 7. The van der Waals surface area contributed by atoms with E-state index in [1.54, 1.807) is 7.11 Å². The van der Waals surface area contributed by atoms with Crippen molar-refractivity contribution in [1.29, 1.82) is 0 Å². The Labute approximate surface area is 215 Å². The first-order chi connectivity index (χ1) is 17.5. The zero-order chi connectivity index (χ0) is 25.2. The third-order valence-corrected chi connectivity index (χ3v) is 8.45. The van der Waals surface area contributed by atoms with Crippen molar-refractivity contribution in [3.8, 4) is 5.75 Å². The van der Waals surface area contributed by atoms with E-state index in [1.165, 1.54) is 11.1 Å². The zero-order valence-corrected chi connectivity index (χ0v) is 21.7. The van der Waals surface area contributed by atoms with Crippen LogP contribution in [0, 0.1) is 0 Å². The van der Waals surface area contributed by atoms with Gasteiger partial charge in [-0.15, -0.1) is 0 Å². The van der Waals surface area contributed by atoms with Gasteiger partial charge in [0.15, 0.2) is 0 Å². The summed E-state index contributed by atoms with van der Waals surface area (Å²) in [4.78, 5) is 20.5. The molecule has 2 fully saturated rings. The molecule has 2 amide bonds. The Bertz CT molecular complexity index is 1150. The Kier molecular flexibility index (Phi) is 6.76. The van der Waals surface area contributed by atoms with Gasteiger partial charge in [0.25, 0.3) is 0 Å².